The van der Waals surface area contributed by atoms with Crippen LogP contribution in [0.4, 0.5) is 8.78 Å². The highest BCUT2D eigenvalue weighted by molar-refractivity contribution is 7.10. The summed E-state index contributed by atoms with van der Waals surface area (Å²) in [5.74, 6) is -0.653. The van der Waals surface area contributed by atoms with E-state index in [1.54, 1.807) is 17.5 Å². The fourth-order valence-corrected chi connectivity index (χ4v) is 2.80. The molecule has 0 bridgehead atoms. The van der Waals surface area contributed by atoms with Gasteiger partial charge in [-0.2, -0.15) is 0 Å². The molecule has 1 amide bonds. The van der Waals surface area contributed by atoms with Crippen LogP contribution in [0.25, 0.3) is 11.3 Å². The zero-order valence-electron chi connectivity index (χ0n) is 11.9. The van der Waals surface area contributed by atoms with Crippen molar-refractivity contribution in [3.8, 4) is 11.3 Å². The van der Waals surface area contributed by atoms with Gasteiger partial charge < -0.3 is 9.73 Å². The Bertz CT molecular complexity index is 815. The standard InChI is InChI=1S/C16H12F2N2O2S/c17-10-3-4-13(18)12(6-10)14-9-23-16(20-14)7-15(21)19-8-11-2-1-5-22-11/h1-6,9H,7-8H2,(H,19,21). The Morgan fingerprint density at radius 3 is 2.96 bits per heavy atom. The molecule has 0 aliphatic carbocycles. The molecule has 0 spiro atoms. The number of hydrogen-bond acceptors (Lipinski definition) is 4. The monoisotopic (exact) mass is 334 g/mol. The number of halogens is 2. The van der Waals surface area contributed by atoms with Gasteiger partial charge in [-0.1, -0.05) is 0 Å². The third-order valence-corrected chi connectivity index (χ3v) is 3.96. The van der Waals surface area contributed by atoms with Crippen LogP contribution in [0.3, 0.4) is 0 Å². The van der Waals surface area contributed by atoms with Gasteiger partial charge in [-0.3, -0.25) is 4.79 Å². The van der Waals surface area contributed by atoms with Crippen molar-refractivity contribution >= 4 is 17.2 Å². The molecule has 0 atom stereocenters. The lowest BCUT2D eigenvalue weighted by atomic mass is 10.1. The largest absolute Gasteiger partial charge is 0.467 e. The number of rotatable bonds is 5. The molecule has 23 heavy (non-hydrogen) atoms. The van der Waals surface area contributed by atoms with Gasteiger partial charge in [0.25, 0.3) is 0 Å². The molecule has 118 valence electrons. The molecule has 2 aromatic heterocycles. The highest BCUT2D eigenvalue weighted by Gasteiger charge is 2.13. The van der Waals surface area contributed by atoms with Gasteiger partial charge in [-0.15, -0.1) is 11.3 Å². The second kappa shape index (κ2) is 6.70. The van der Waals surface area contributed by atoms with Crippen molar-refractivity contribution in [2.24, 2.45) is 0 Å². The second-order valence-electron chi connectivity index (χ2n) is 4.78. The summed E-state index contributed by atoms with van der Waals surface area (Å²) < 4.78 is 32.0. The van der Waals surface area contributed by atoms with E-state index < -0.39 is 11.6 Å². The Hall–Kier alpha value is -2.54. The number of nitrogens with one attached hydrogen (secondary N) is 1. The Kier molecular flexibility index (Phi) is 4.47. The zero-order valence-corrected chi connectivity index (χ0v) is 12.7. The Labute approximate surface area is 134 Å². The van der Waals surface area contributed by atoms with E-state index >= 15 is 0 Å². The summed E-state index contributed by atoms with van der Waals surface area (Å²) in [4.78, 5) is 16.0. The number of amides is 1. The molecule has 0 unspecified atom stereocenters. The molecular weight excluding hydrogens is 322 g/mol. The van der Waals surface area contributed by atoms with E-state index in [-0.39, 0.29) is 17.9 Å². The van der Waals surface area contributed by atoms with E-state index in [1.165, 1.54) is 17.6 Å². The minimum Gasteiger partial charge on any atom is -0.467 e. The smallest absolute Gasteiger partial charge is 0.227 e. The molecule has 0 aliphatic heterocycles. The zero-order chi connectivity index (χ0) is 16.2. The lowest BCUT2D eigenvalue weighted by Gasteiger charge is -2.01. The number of benzene rings is 1. The molecule has 0 saturated carbocycles. The van der Waals surface area contributed by atoms with E-state index in [1.807, 2.05) is 0 Å². The lowest BCUT2D eigenvalue weighted by Crippen LogP contribution is -2.24. The van der Waals surface area contributed by atoms with Gasteiger partial charge in [0.1, 0.15) is 22.4 Å². The molecule has 0 fully saturated rings. The van der Waals surface area contributed by atoms with Crippen LogP contribution in [-0.4, -0.2) is 10.9 Å². The summed E-state index contributed by atoms with van der Waals surface area (Å²) in [6, 6.07) is 6.69. The maximum absolute atomic E-state index is 13.7. The molecular formula is C16H12F2N2O2S. The molecule has 1 N–H and O–H groups in total. The van der Waals surface area contributed by atoms with Crippen LogP contribution in [0.15, 0.2) is 46.4 Å². The van der Waals surface area contributed by atoms with Gasteiger partial charge in [0.15, 0.2) is 0 Å². The Morgan fingerprint density at radius 2 is 2.17 bits per heavy atom. The average molecular weight is 334 g/mol. The van der Waals surface area contributed by atoms with E-state index in [0.29, 0.717) is 23.0 Å². The first-order valence-electron chi connectivity index (χ1n) is 6.81. The quantitative estimate of drug-likeness (QED) is 0.776. The average Bonchev–Trinajstić information content (AvgIpc) is 3.19. The van der Waals surface area contributed by atoms with Crippen molar-refractivity contribution in [1.82, 2.24) is 10.3 Å². The van der Waals surface area contributed by atoms with Crippen molar-refractivity contribution in [3.05, 3.63) is 64.4 Å². The van der Waals surface area contributed by atoms with Gasteiger partial charge in [-0.05, 0) is 30.3 Å². The van der Waals surface area contributed by atoms with Crippen molar-refractivity contribution in [2.45, 2.75) is 13.0 Å². The molecule has 4 nitrogen and oxygen atoms in total. The van der Waals surface area contributed by atoms with Crippen molar-refractivity contribution in [3.63, 3.8) is 0 Å². The number of carbonyl (C=O) groups is 1. The summed E-state index contributed by atoms with van der Waals surface area (Å²) >= 11 is 1.23. The highest BCUT2D eigenvalue weighted by atomic mass is 32.1. The maximum atomic E-state index is 13.7. The summed E-state index contributed by atoms with van der Waals surface area (Å²) in [5.41, 5.74) is 0.407. The predicted octanol–water partition coefficient (Wildman–Crippen LogP) is 3.54. The molecule has 7 heteroatoms. The van der Waals surface area contributed by atoms with Crippen LogP contribution in [0.5, 0.6) is 0 Å². The fourth-order valence-electron chi connectivity index (χ4n) is 2.01. The number of aromatic nitrogens is 1. The molecule has 3 rings (SSSR count). The van der Waals surface area contributed by atoms with Crippen LogP contribution in [0, 0.1) is 11.6 Å². The number of thiazole rings is 1. The summed E-state index contributed by atoms with van der Waals surface area (Å²) in [6.07, 6.45) is 1.60. The Balaban J connectivity index is 1.65. The van der Waals surface area contributed by atoms with Gasteiger partial charge in [-0.25, -0.2) is 13.8 Å². The second-order valence-corrected chi connectivity index (χ2v) is 5.73. The molecule has 3 aromatic rings. The number of carbonyl (C=O) groups excluding carboxylic acids is 1. The summed E-state index contributed by atoms with van der Waals surface area (Å²) in [7, 11) is 0. The van der Waals surface area contributed by atoms with Crippen molar-refractivity contribution in [2.75, 3.05) is 0 Å². The molecule has 0 saturated heterocycles. The maximum Gasteiger partial charge on any atom is 0.227 e. The van der Waals surface area contributed by atoms with E-state index in [0.717, 1.165) is 18.2 Å². The first kappa shape index (κ1) is 15.4. The number of nitrogens with zero attached hydrogens (tertiary/aromatic N) is 1. The van der Waals surface area contributed by atoms with Crippen molar-refractivity contribution in [1.29, 1.82) is 0 Å². The van der Waals surface area contributed by atoms with Crippen LogP contribution in [0.2, 0.25) is 0 Å². The number of furan rings is 1. The van der Waals surface area contributed by atoms with E-state index in [2.05, 4.69) is 10.3 Å². The molecule has 0 aliphatic rings. The topological polar surface area (TPSA) is 55.1 Å². The molecule has 1 aromatic carbocycles. The van der Waals surface area contributed by atoms with Gasteiger partial charge in [0, 0.05) is 10.9 Å². The van der Waals surface area contributed by atoms with E-state index in [9.17, 15) is 13.6 Å². The SMILES string of the molecule is O=C(Cc1nc(-c2cc(F)ccc2F)cs1)NCc1ccco1. The van der Waals surface area contributed by atoms with Crippen LogP contribution in [0.1, 0.15) is 10.8 Å². The normalized spacial score (nSPS) is 10.7. The minimum atomic E-state index is -0.550. The van der Waals surface area contributed by atoms with Crippen LogP contribution in [-0.2, 0) is 17.8 Å². The first-order chi connectivity index (χ1) is 11.1. The van der Waals surface area contributed by atoms with Gasteiger partial charge in [0.2, 0.25) is 5.91 Å². The summed E-state index contributed by atoms with van der Waals surface area (Å²) in [6.45, 7) is 0.294. The predicted molar refractivity (Wildman–Crippen MR) is 81.7 cm³/mol. The van der Waals surface area contributed by atoms with Gasteiger partial charge >= 0.3 is 0 Å². The fraction of sp³-hybridized carbons (Fsp3) is 0.125. The van der Waals surface area contributed by atoms with Crippen molar-refractivity contribution < 1.29 is 18.0 Å². The van der Waals surface area contributed by atoms with Gasteiger partial charge in [0.05, 0.1) is 24.9 Å². The third kappa shape index (κ3) is 3.81. The third-order valence-electron chi connectivity index (χ3n) is 3.11. The Morgan fingerprint density at radius 1 is 1.30 bits per heavy atom. The minimum absolute atomic E-state index is 0.0717. The molecule has 2 heterocycles. The number of hydrogen-bond donors (Lipinski definition) is 1. The highest BCUT2D eigenvalue weighted by Crippen LogP contribution is 2.25. The first-order valence-corrected chi connectivity index (χ1v) is 7.68. The molecule has 0 radical (unpaired) electrons. The van der Waals surface area contributed by atoms with Crippen LogP contribution >= 0.6 is 11.3 Å². The van der Waals surface area contributed by atoms with Crippen LogP contribution < -0.4 is 5.32 Å². The summed E-state index contributed by atoms with van der Waals surface area (Å²) in [5, 5.41) is 4.84. The van der Waals surface area contributed by atoms with E-state index in [4.69, 9.17) is 4.42 Å². The lowest BCUT2D eigenvalue weighted by molar-refractivity contribution is -0.120.